The first-order chi connectivity index (χ1) is 28.6. The smallest absolute Gasteiger partial charge is 0.122 e. The zero-order chi connectivity index (χ0) is 44.5. The van der Waals surface area contributed by atoms with Gasteiger partial charge in [0.25, 0.3) is 0 Å². The molecule has 65 heavy (non-hydrogen) atoms. The molecule has 0 aliphatic heterocycles. The van der Waals surface area contributed by atoms with E-state index in [9.17, 15) is 14.7 Å². The molecule has 0 saturated heterocycles. The van der Waals surface area contributed by atoms with Crippen molar-refractivity contribution in [3.05, 3.63) is 89.5 Å². The second-order valence-corrected chi connectivity index (χ2v) is 29.0. The van der Waals surface area contributed by atoms with Crippen LogP contribution in [0.25, 0.3) is 0 Å². The summed E-state index contributed by atoms with van der Waals surface area (Å²) in [7, 11) is 0. The van der Waals surface area contributed by atoms with Gasteiger partial charge < -0.3 is 105 Å². The van der Waals surface area contributed by atoms with Gasteiger partial charge in [-0.25, -0.2) is 0 Å². The SMILES string of the molecule is CCCCCCCCCc1ccccc1OP([O-])(=S)[S-].CCCCCCCCCc1ccccc1OP([O-])(=S)[S-].CCCCCCCCCc1ccccc1OP([O-])(=S)[S-].[Mo].[Mo].[S-2].[S-2].[S-2]. The fourth-order valence-electron chi connectivity index (χ4n) is 6.58. The average Bonchev–Trinajstić information content (AvgIpc) is 3.17. The summed E-state index contributed by atoms with van der Waals surface area (Å²) in [6.07, 6.45) is 29.5. The van der Waals surface area contributed by atoms with Crippen LogP contribution in [0.4, 0.5) is 0 Å². The summed E-state index contributed by atoms with van der Waals surface area (Å²) in [6.45, 7) is 6.69. The van der Waals surface area contributed by atoms with Crippen LogP contribution in [0.3, 0.4) is 0 Å². The van der Waals surface area contributed by atoms with E-state index in [0.29, 0.717) is 17.2 Å². The van der Waals surface area contributed by atoms with Crippen LogP contribution in [0.1, 0.15) is 172 Å². The van der Waals surface area contributed by atoms with Crippen molar-refractivity contribution in [2.45, 2.75) is 175 Å². The summed E-state index contributed by atoms with van der Waals surface area (Å²) in [6, 6.07) is 22.8. The van der Waals surface area contributed by atoms with Gasteiger partial charge in [-0.3, -0.25) is 0 Å². The Morgan fingerprint density at radius 1 is 0.369 bits per heavy atom. The van der Waals surface area contributed by atoms with Crippen molar-refractivity contribution in [3.8, 4) is 17.2 Å². The molecule has 0 aromatic heterocycles. The maximum Gasteiger partial charge on any atom is 0.122 e. The normalized spacial score (nSPS) is 12.9. The summed E-state index contributed by atoms with van der Waals surface area (Å²) >= 11 is 28.0. The first kappa shape index (κ1) is 76.3. The van der Waals surface area contributed by atoms with E-state index in [0.717, 1.165) is 55.2 Å². The Bertz CT molecular complexity index is 1510. The first-order valence-corrected chi connectivity index (χ1v) is 32.9. The van der Waals surface area contributed by atoms with Gasteiger partial charge in [0.1, 0.15) is 17.2 Å². The van der Waals surface area contributed by atoms with E-state index in [-0.39, 0.29) is 82.6 Å². The number of hydrogen-bond acceptors (Lipinski definition) is 12. The second-order valence-electron chi connectivity index (χ2n) is 15.1. The zero-order valence-corrected chi connectivity index (χ0v) is 52.2. The molecule has 0 heterocycles. The molecule has 0 N–H and O–H groups in total. The minimum atomic E-state index is -3.31. The molecule has 0 amide bonds. The quantitative estimate of drug-likeness (QED) is 0.0275. The van der Waals surface area contributed by atoms with Crippen molar-refractivity contribution >= 4 is 130 Å². The Labute approximate surface area is 476 Å². The van der Waals surface area contributed by atoms with Crippen LogP contribution in [0.5, 0.6) is 17.2 Å². The summed E-state index contributed by atoms with van der Waals surface area (Å²) in [5, 5.41) is 0. The molecule has 0 radical (unpaired) electrons. The molecule has 3 unspecified atom stereocenters. The topological polar surface area (TPSA) is 96.9 Å². The molecule has 3 atom stereocenters. The molecule has 0 bridgehead atoms. The summed E-state index contributed by atoms with van der Waals surface area (Å²) in [4.78, 5) is 34.3. The van der Waals surface area contributed by atoms with Crippen molar-refractivity contribution in [2.24, 2.45) is 0 Å². The van der Waals surface area contributed by atoms with Gasteiger partial charge in [0.15, 0.2) is 0 Å². The van der Waals surface area contributed by atoms with Crippen molar-refractivity contribution in [1.82, 2.24) is 0 Å². The van der Waals surface area contributed by atoms with Crippen LogP contribution in [0, 0.1) is 0 Å². The molecule has 0 aliphatic carbocycles. The van der Waals surface area contributed by atoms with Crippen LogP contribution >= 0.6 is 17.1 Å². The predicted molar refractivity (Wildman–Crippen MR) is 293 cm³/mol. The van der Waals surface area contributed by atoms with Gasteiger partial charge in [-0.15, -0.1) is 0 Å². The van der Waals surface area contributed by atoms with E-state index in [1.54, 1.807) is 18.2 Å². The van der Waals surface area contributed by atoms with Crippen LogP contribution < -0.4 is 28.3 Å². The fourth-order valence-corrected chi connectivity index (χ4v) is 9.28. The van der Waals surface area contributed by atoms with Gasteiger partial charge in [-0.2, -0.15) is 0 Å². The van der Waals surface area contributed by atoms with Gasteiger partial charge >= 0.3 is 0 Å². The number of para-hydroxylation sites is 3. The third-order valence-electron chi connectivity index (χ3n) is 9.70. The van der Waals surface area contributed by atoms with Gasteiger partial charge in [-0.05, 0) is 73.4 Å². The summed E-state index contributed by atoms with van der Waals surface area (Å²) in [5.41, 5.74) is -6.76. The number of benzene rings is 3. The molecule has 3 rings (SSSR count). The Morgan fingerprint density at radius 3 is 0.754 bits per heavy atom. The van der Waals surface area contributed by atoms with E-state index in [1.165, 1.54) is 116 Å². The number of rotatable bonds is 30. The van der Waals surface area contributed by atoms with E-state index in [4.69, 9.17) is 13.6 Å². The standard InChI is InChI=1S/3C15H25O2PS2.2Mo.3S/c3*1-2-3-4-5-6-7-8-11-14-12-9-10-13-15(14)17-18(16,19)20;;;;;/h3*9-10,12-13H,2-8,11H2,1H3,(H2,16,19,20);;;;;/q;;;;;3*-2/p-6. The van der Waals surface area contributed by atoms with Crippen LogP contribution in [-0.4, -0.2) is 0 Å². The molecule has 0 fully saturated rings. The third kappa shape index (κ3) is 45.9. The second kappa shape index (κ2) is 47.4. The van der Waals surface area contributed by atoms with E-state index < -0.39 is 17.1 Å². The Kier molecular flexibility index (Phi) is 55.6. The Morgan fingerprint density at radius 2 is 0.554 bits per heavy atom. The fraction of sp³-hybridized carbons (Fsp3) is 0.600. The minimum Gasteiger partial charge on any atom is -2.00 e. The predicted octanol–water partition coefficient (Wildman–Crippen LogP) is 13.5. The van der Waals surface area contributed by atoms with E-state index in [2.05, 4.69) is 92.9 Å². The number of unbranched alkanes of at least 4 members (excludes halogenated alkanes) is 18. The maximum absolute atomic E-state index is 11.4. The maximum atomic E-state index is 11.4. The van der Waals surface area contributed by atoms with Gasteiger partial charge in [-0.1, -0.05) is 243 Å². The Balaban J connectivity index is -0.000000267. The minimum absolute atomic E-state index is 0. The molecule has 378 valence electrons. The van der Waals surface area contributed by atoms with Gasteiger partial charge in [0.2, 0.25) is 0 Å². The van der Waals surface area contributed by atoms with E-state index in [1.807, 2.05) is 54.6 Å². The van der Waals surface area contributed by atoms with Crippen molar-refractivity contribution in [3.63, 3.8) is 0 Å². The van der Waals surface area contributed by atoms with Crippen LogP contribution in [0.2, 0.25) is 0 Å². The third-order valence-corrected chi connectivity index (χ3v) is 12.3. The molecule has 0 spiro atoms. The molecule has 3 aromatic carbocycles. The first-order valence-electron chi connectivity index (χ1n) is 22.0. The molecule has 20 heteroatoms. The number of hydrogen-bond donors (Lipinski definition) is 0. The summed E-state index contributed by atoms with van der Waals surface area (Å²) in [5.74, 6) is 1.77. The van der Waals surface area contributed by atoms with Crippen molar-refractivity contribution in [2.75, 3.05) is 0 Å². The Hall–Kier alpha value is 2.37. The largest absolute Gasteiger partial charge is 2.00 e. The molecule has 0 saturated carbocycles. The molecule has 3 aromatic rings. The monoisotopic (exact) mass is 1280 g/mol. The van der Waals surface area contributed by atoms with Gasteiger partial charge in [0, 0.05) is 42.1 Å². The van der Waals surface area contributed by atoms with Crippen molar-refractivity contribution < 1.29 is 70.4 Å². The van der Waals surface area contributed by atoms with Gasteiger partial charge in [0.05, 0.1) is 0 Å². The van der Waals surface area contributed by atoms with E-state index >= 15 is 0 Å². The number of aryl methyl sites for hydroxylation is 3. The zero-order valence-electron chi connectivity index (χ0n) is 38.2. The molecule has 0 aliphatic rings. The van der Waals surface area contributed by atoms with Crippen molar-refractivity contribution in [1.29, 1.82) is 0 Å². The van der Waals surface area contributed by atoms with Crippen LogP contribution in [0.15, 0.2) is 72.8 Å². The molecular formula is C45H69Mo2O6P3S9-12. The molecule has 6 nitrogen and oxygen atoms in total. The molecular weight excluding hydrogens is 1210 g/mol. The summed E-state index contributed by atoms with van der Waals surface area (Å²) < 4.78 is 15.7. The average molecular weight is 1280 g/mol. The van der Waals surface area contributed by atoms with Crippen LogP contribution in [-0.2, 0) is 174 Å².